The average molecular weight is 162 g/mol. The monoisotopic (exact) mass is 162 g/mol. The van der Waals surface area contributed by atoms with Crippen molar-refractivity contribution < 1.29 is 4.43 Å². The second-order valence-corrected chi connectivity index (χ2v) is 9.20. The summed E-state index contributed by atoms with van der Waals surface area (Å²) in [6, 6.07) is 0. The summed E-state index contributed by atoms with van der Waals surface area (Å²) in [5.74, 6) is 0. The third-order valence-electron chi connectivity index (χ3n) is 1.13. The van der Waals surface area contributed by atoms with Crippen LogP contribution in [0.2, 0.25) is 19.6 Å². The highest BCUT2D eigenvalue weighted by Crippen LogP contribution is 2.06. The van der Waals surface area contributed by atoms with E-state index in [4.69, 9.17) is 4.43 Å². The van der Waals surface area contributed by atoms with Gasteiger partial charge in [-0.05, 0) is 26.1 Å². The van der Waals surface area contributed by atoms with Crippen LogP contribution < -0.4 is 0 Å². The van der Waals surface area contributed by atoms with Crippen molar-refractivity contribution in [2.75, 3.05) is 0 Å². The van der Waals surface area contributed by atoms with E-state index >= 15 is 0 Å². The third kappa shape index (κ3) is 6.28. The fourth-order valence-corrected chi connectivity index (χ4v) is 4.18. The molecule has 0 fully saturated rings. The van der Waals surface area contributed by atoms with Gasteiger partial charge in [-0.2, -0.15) is 0 Å². The van der Waals surface area contributed by atoms with E-state index in [1.807, 2.05) is 0 Å². The van der Waals surface area contributed by atoms with Gasteiger partial charge in [0.25, 0.3) is 0 Å². The summed E-state index contributed by atoms with van der Waals surface area (Å²) in [7, 11) is -0.0234. The van der Waals surface area contributed by atoms with Crippen LogP contribution in [0.1, 0.15) is 13.3 Å². The molecule has 9 heavy (non-hydrogen) atoms. The van der Waals surface area contributed by atoms with Crippen molar-refractivity contribution in [1.29, 1.82) is 0 Å². The summed E-state index contributed by atoms with van der Waals surface area (Å²) in [4.78, 5) is 0. The number of hydrogen-bond acceptors (Lipinski definition) is 1. The van der Waals surface area contributed by atoms with Crippen molar-refractivity contribution in [2.45, 2.75) is 38.7 Å². The zero-order valence-corrected chi connectivity index (χ0v) is 10.2. The van der Waals surface area contributed by atoms with Gasteiger partial charge in [0.15, 0.2) is 8.32 Å². The van der Waals surface area contributed by atoms with Crippen LogP contribution in [0.5, 0.6) is 0 Å². The highest BCUT2D eigenvalue weighted by atomic mass is 28.4. The lowest BCUT2D eigenvalue weighted by Crippen LogP contribution is -2.31. The second kappa shape index (κ2) is 3.53. The minimum Gasteiger partial charge on any atom is -0.419 e. The molecule has 0 saturated heterocycles. The molecule has 0 heterocycles. The fraction of sp³-hybridized carbons (Fsp3) is 1.00. The lowest BCUT2D eigenvalue weighted by atomic mass is 10.5. The Morgan fingerprint density at radius 2 is 1.89 bits per heavy atom. The van der Waals surface area contributed by atoms with Gasteiger partial charge < -0.3 is 4.43 Å². The molecule has 56 valence electrons. The van der Waals surface area contributed by atoms with E-state index in [-0.39, 0.29) is 0 Å². The molecule has 0 bridgehead atoms. The van der Waals surface area contributed by atoms with Gasteiger partial charge >= 0.3 is 0 Å². The highest BCUT2D eigenvalue weighted by Gasteiger charge is 2.16. The van der Waals surface area contributed by atoms with E-state index in [1.54, 1.807) is 0 Å². The van der Waals surface area contributed by atoms with Gasteiger partial charge in [-0.25, -0.2) is 0 Å². The molecule has 0 saturated carbocycles. The van der Waals surface area contributed by atoms with Crippen LogP contribution in [0.25, 0.3) is 0 Å². The smallest absolute Gasteiger partial charge is 0.183 e. The molecular weight excluding hydrogens is 144 g/mol. The maximum Gasteiger partial charge on any atom is 0.183 e. The van der Waals surface area contributed by atoms with Gasteiger partial charge in [-0.3, -0.25) is 0 Å². The Balaban J connectivity index is 3.47. The Morgan fingerprint density at radius 1 is 1.44 bits per heavy atom. The molecule has 0 amide bonds. The molecule has 0 aromatic carbocycles. The van der Waals surface area contributed by atoms with Crippen LogP contribution in [0, 0.1) is 0 Å². The van der Waals surface area contributed by atoms with Crippen molar-refractivity contribution in [3.8, 4) is 0 Å². The van der Waals surface area contributed by atoms with Gasteiger partial charge in [0.2, 0.25) is 0 Å². The van der Waals surface area contributed by atoms with E-state index in [1.165, 1.54) is 16.7 Å². The quantitative estimate of drug-likeness (QED) is 0.561. The van der Waals surface area contributed by atoms with Crippen molar-refractivity contribution in [2.24, 2.45) is 0 Å². The van der Waals surface area contributed by atoms with Crippen molar-refractivity contribution >= 4 is 18.6 Å². The summed E-state index contributed by atoms with van der Waals surface area (Å²) in [6.45, 7) is 8.92. The van der Waals surface area contributed by atoms with E-state index in [0.717, 1.165) is 0 Å². The molecule has 1 unspecified atom stereocenters. The number of hydrogen-bond donors (Lipinski definition) is 0. The van der Waals surface area contributed by atoms with E-state index in [9.17, 15) is 0 Å². The van der Waals surface area contributed by atoms with Crippen molar-refractivity contribution in [3.63, 3.8) is 0 Å². The topological polar surface area (TPSA) is 9.23 Å². The first-order chi connectivity index (χ1) is 3.95. The molecule has 0 N–H and O–H groups in total. The predicted octanol–water partition coefficient (Wildman–Crippen LogP) is 0.939. The summed E-state index contributed by atoms with van der Waals surface area (Å²) >= 11 is 0. The first-order valence-electron chi connectivity index (χ1n) is 3.63. The molecule has 0 rings (SSSR count). The maximum absolute atomic E-state index is 5.79. The van der Waals surface area contributed by atoms with Crippen LogP contribution in [-0.2, 0) is 4.43 Å². The first-order valence-corrected chi connectivity index (χ1v) is 8.20. The van der Waals surface area contributed by atoms with Crippen LogP contribution in [-0.4, -0.2) is 24.3 Å². The van der Waals surface area contributed by atoms with Gasteiger partial charge in [-0.15, -0.1) is 0 Å². The summed E-state index contributed by atoms with van der Waals surface area (Å²) in [5, 5.41) is 0. The maximum atomic E-state index is 5.79. The van der Waals surface area contributed by atoms with Crippen LogP contribution >= 0.6 is 0 Å². The molecule has 3 heteroatoms. The SMILES string of the molecule is CCC([SiH3])O[Si](C)(C)C. The summed E-state index contributed by atoms with van der Waals surface area (Å²) in [6.07, 6.45) is 1.19. The standard InChI is InChI=1S/C6H18OSi2/c1-5-6(8)7-9(2,3)4/h6H,5H2,1-4,8H3. The normalized spacial score (nSPS) is 16.0. The van der Waals surface area contributed by atoms with Crippen LogP contribution in [0.4, 0.5) is 0 Å². The Kier molecular flexibility index (Phi) is 3.69. The molecule has 0 aromatic heterocycles. The Labute approximate surface area is 62.4 Å². The Hall–Kier alpha value is 0.394. The van der Waals surface area contributed by atoms with Crippen LogP contribution in [0.3, 0.4) is 0 Å². The minimum absolute atomic E-state index is 0.594. The molecule has 0 aliphatic rings. The van der Waals surface area contributed by atoms with Gasteiger partial charge in [0.05, 0.1) is 0 Å². The molecule has 1 atom stereocenters. The Morgan fingerprint density at radius 3 is 2.00 bits per heavy atom. The molecule has 0 aliphatic carbocycles. The Bertz CT molecular complexity index is 77.6. The third-order valence-corrected chi connectivity index (χ3v) is 3.76. The average Bonchev–Trinajstić information content (AvgIpc) is 1.62. The second-order valence-electron chi connectivity index (χ2n) is 3.45. The van der Waals surface area contributed by atoms with E-state index < -0.39 is 8.32 Å². The predicted molar refractivity (Wildman–Crippen MR) is 48.4 cm³/mol. The molecule has 0 aromatic rings. The van der Waals surface area contributed by atoms with E-state index in [2.05, 4.69) is 26.6 Å². The molecule has 0 aliphatic heterocycles. The summed E-state index contributed by atoms with van der Waals surface area (Å²) < 4.78 is 5.79. The van der Waals surface area contributed by atoms with Gasteiger partial charge in [-0.1, -0.05) is 6.92 Å². The minimum atomic E-state index is -1.21. The largest absolute Gasteiger partial charge is 0.419 e. The molecule has 1 nitrogen and oxygen atoms in total. The molecule has 0 radical (unpaired) electrons. The zero-order valence-electron chi connectivity index (χ0n) is 7.19. The van der Waals surface area contributed by atoms with E-state index in [0.29, 0.717) is 5.73 Å². The lowest BCUT2D eigenvalue weighted by molar-refractivity contribution is 0.269. The van der Waals surface area contributed by atoms with Gasteiger partial charge in [0.1, 0.15) is 0 Å². The molecule has 0 spiro atoms. The van der Waals surface area contributed by atoms with Gasteiger partial charge in [0, 0.05) is 16.0 Å². The van der Waals surface area contributed by atoms with Crippen LogP contribution in [0.15, 0.2) is 0 Å². The zero-order chi connectivity index (χ0) is 7.49. The molecular formula is C6H18OSi2. The van der Waals surface area contributed by atoms with Crippen molar-refractivity contribution in [1.82, 2.24) is 0 Å². The number of rotatable bonds is 3. The first kappa shape index (κ1) is 9.39. The van der Waals surface area contributed by atoms with Crippen molar-refractivity contribution in [3.05, 3.63) is 0 Å². The summed E-state index contributed by atoms with van der Waals surface area (Å²) in [5.41, 5.74) is 0.594. The lowest BCUT2D eigenvalue weighted by Gasteiger charge is -2.22. The fourth-order valence-electron chi connectivity index (χ4n) is 0.687. The highest BCUT2D eigenvalue weighted by molar-refractivity contribution is 6.70.